The third-order valence-electron chi connectivity index (χ3n) is 5.24. The highest BCUT2D eigenvalue weighted by molar-refractivity contribution is 8.27. The maximum Gasteiger partial charge on any atom is 0.296 e. The predicted molar refractivity (Wildman–Crippen MR) is 124 cm³/mol. The minimum atomic E-state index is -0.321. The van der Waals surface area contributed by atoms with Gasteiger partial charge in [0.15, 0.2) is 15.8 Å². The number of thioether (sulfide) groups is 1. The van der Waals surface area contributed by atoms with Gasteiger partial charge in [-0.05, 0) is 42.8 Å². The summed E-state index contributed by atoms with van der Waals surface area (Å²) < 4.78 is 14.3. The minimum Gasteiger partial charge on any atom is -0.454 e. The molecule has 1 amide bonds. The van der Waals surface area contributed by atoms with Crippen LogP contribution >= 0.6 is 24.0 Å². The van der Waals surface area contributed by atoms with E-state index >= 15 is 0 Å². The third-order valence-corrected chi connectivity index (χ3v) is 6.54. The average Bonchev–Trinajstić information content (AvgIpc) is 3.39. The highest BCUT2D eigenvalue weighted by Crippen LogP contribution is 2.38. The van der Waals surface area contributed by atoms with Crippen molar-refractivity contribution in [2.45, 2.75) is 6.92 Å². The Kier molecular flexibility index (Phi) is 4.71. The molecule has 2 aliphatic heterocycles. The molecule has 3 heterocycles. The molecule has 5 rings (SSSR count). The van der Waals surface area contributed by atoms with Gasteiger partial charge in [-0.2, -0.15) is 0 Å². The lowest BCUT2D eigenvalue weighted by Gasteiger charge is -2.12. The van der Waals surface area contributed by atoms with Gasteiger partial charge in [-0.3, -0.25) is 19.2 Å². The van der Waals surface area contributed by atoms with Gasteiger partial charge < -0.3 is 9.47 Å². The number of para-hydroxylation sites is 1. The number of rotatable bonds is 3. The molecule has 7 nitrogen and oxygen atoms in total. The first-order valence-corrected chi connectivity index (χ1v) is 10.7. The summed E-state index contributed by atoms with van der Waals surface area (Å²) in [5.74, 6) is 0.985. The predicted octanol–water partition coefficient (Wildman–Crippen LogP) is 3.62. The molecule has 0 atom stereocenters. The van der Waals surface area contributed by atoms with Gasteiger partial charge in [0, 0.05) is 7.05 Å². The van der Waals surface area contributed by atoms with E-state index in [1.165, 1.54) is 21.3 Å². The van der Waals surface area contributed by atoms with E-state index in [0.29, 0.717) is 32.1 Å². The van der Waals surface area contributed by atoms with Crippen LogP contribution in [0, 0.1) is 6.92 Å². The lowest BCUT2D eigenvalue weighted by atomic mass is 10.2. The Morgan fingerprint density at radius 3 is 2.58 bits per heavy atom. The zero-order valence-corrected chi connectivity index (χ0v) is 18.3. The molecule has 0 bridgehead atoms. The lowest BCUT2D eigenvalue weighted by Crippen LogP contribution is -2.33. The van der Waals surface area contributed by atoms with E-state index in [1.54, 1.807) is 30.8 Å². The first-order chi connectivity index (χ1) is 15.0. The first-order valence-electron chi connectivity index (χ1n) is 9.47. The maximum atomic E-state index is 13.3. The summed E-state index contributed by atoms with van der Waals surface area (Å²) in [6.45, 7) is 1.98. The van der Waals surface area contributed by atoms with Crippen LogP contribution in [-0.2, 0) is 11.8 Å². The van der Waals surface area contributed by atoms with E-state index in [-0.39, 0.29) is 23.9 Å². The first kappa shape index (κ1) is 19.7. The second kappa shape index (κ2) is 7.44. The van der Waals surface area contributed by atoms with E-state index in [2.05, 4.69) is 0 Å². The molecular formula is C22H17N3O4S2. The Labute approximate surface area is 187 Å². The molecule has 0 aliphatic carbocycles. The van der Waals surface area contributed by atoms with Crippen LogP contribution in [0.2, 0.25) is 0 Å². The number of amides is 1. The van der Waals surface area contributed by atoms with E-state index in [4.69, 9.17) is 21.7 Å². The highest BCUT2D eigenvalue weighted by Gasteiger charge is 2.37. The van der Waals surface area contributed by atoms with Crippen LogP contribution in [0.3, 0.4) is 0 Å². The number of ether oxygens (including phenoxy) is 2. The van der Waals surface area contributed by atoms with Gasteiger partial charge >= 0.3 is 0 Å². The van der Waals surface area contributed by atoms with E-state index in [9.17, 15) is 9.59 Å². The number of benzene rings is 2. The number of hydrogen-bond donors (Lipinski definition) is 0. The highest BCUT2D eigenvalue weighted by atomic mass is 32.2. The van der Waals surface area contributed by atoms with Crippen LogP contribution in [-0.4, -0.2) is 26.4 Å². The Morgan fingerprint density at radius 1 is 1.06 bits per heavy atom. The smallest absolute Gasteiger partial charge is 0.296 e. The number of anilines is 1. The third kappa shape index (κ3) is 3.17. The van der Waals surface area contributed by atoms with Crippen molar-refractivity contribution in [3.63, 3.8) is 0 Å². The maximum absolute atomic E-state index is 13.3. The van der Waals surface area contributed by atoms with Crippen molar-refractivity contribution in [3.05, 3.63) is 75.0 Å². The number of nitrogens with zero attached hydrogens (tertiary/aromatic N) is 3. The van der Waals surface area contributed by atoms with Gasteiger partial charge in [-0.1, -0.05) is 48.2 Å². The SMILES string of the molecule is Cc1c(N2C(=O)C(=Cc3ccc4c(c3)OCO4)SC2=S)c(=O)n(-c2ccccc2)n1C. The Bertz CT molecular complexity index is 1320. The monoisotopic (exact) mass is 451 g/mol. The van der Waals surface area contributed by atoms with Gasteiger partial charge in [0.1, 0.15) is 5.69 Å². The van der Waals surface area contributed by atoms with Crippen molar-refractivity contribution < 1.29 is 14.3 Å². The summed E-state index contributed by atoms with van der Waals surface area (Å²) in [7, 11) is 1.79. The van der Waals surface area contributed by atoms with Crippen LogP contribution in [0.4, 0.5) is 5.69 Å². The number of fused-ring (bicyclic) bond motifs is 1. The number of carbonyl (C=O) groups excluding carboxylic acids is 1. The summed E-state index contributed by atoms with van der Waals surface area (Å²) in [5, 5.41) is 0. The van der Waals surface area contributed by atoms with Crippen LogP contribution in [0.15, 0.2) is 58.2 Å². The van der Waals surface area contributed by atoms with Crippen molar-refractivity contribution in [3.8, 4) is 17.2 Å². The van der Waals surface area contributed by atoms with Crippen molar-refractivity contribution in [2.24, 2.45) is 7.05 Å². The number of aromatic nitrogens is 2. The van der Waals surface area contributed by atoms with Crippen LogP contribution in [0.1, 0.15) is 11.3 Å². The molecule has 1 saturated heterocycles. The molecule has 156 valence electrons. The summed E-state index contributed by atoms with van der Waals surface area (Å²) in [6, 6.07) is 14.7. The standard InChI is InChI=1S/C22H17N3O4S2/c1-13-19(21(27)25(23(13)2)15-6-4-3-5-7-15)24-20(26)18(31-22(24)30)11-14-8-9-16-17(10-14)29-12-28-16/h3-11H,12H2,1-2H3. The lowest BCUT2D eigenvalue weighted by molar-refractivity contribution is -0.113. The van der Waals surface area contributed by atoms with Gasteiger partial charge in [0.25, 0.3) is 11.5 Å². The molecule has 0 N–H and O–H groups in total. The molecule has 31 heavy (non-hydrogen) atoms. The number of thiocarbonyl (C=S) groups is 1. The van der Waals surface area contributed by atoms with E-state index in [1.807, 2.05) is 42.5 Å². The van der Waals surface area contributed by atoms with Gasteiger partial charge in [-0.15, -0.1) is 0 Å². The molecule has 2 aromatic carbocycles. The van der Waals surface area contributed by atoms with E-state index in [0.717, 1.165) is 5.56 Å². The summed E-state index contributed by atoms with van der Waals surface area (Å²) >= 11 is 6.66. The molecular weight excluding hydrogens is 434 g/mol. The summed E-state index contributed by atoms with van der Waals surface area (Å²) in [6.07, 6.45) is 1.75. The van der Waals surface area contributed by atoms with Crippen molar-refractivity contribution in [2.75, 3.05) is 11.7 Å². The average molecular weight is 452 g/mol. The van der Waals surface area contributed by atoms with Gasteiger partial charge in [0.05, 0.1) is 16.3 Å². The van der Waals surface area contributed by atoms with Crippen molar-refractivity contribution in [1.82, 2.24) is 9.36 Å². The molecule has 0 radical (unpaired) electrons. The normalized spacial score (nSPS) is 16.6. The van der Waals surface area contributed by atoms with E-state index < -0.39 is 0 Å². The fraction of sp³-hybridized carbons (Fsp3) is 0.136. The van der Waals surface area contributed by atoms with Gasteiger partial charge in [0.2, 0.25) is 6.79 Å². The van der Waals surface area contributed by atoms with Crippen LogP contribution in [0.5, 0.6) is 11.5 Å². The van der Waals surface area contributed by atoms with Crippen LogP contribution in [0.25, 0.3) is 11.8 Å². The molecule has 3 aromatic rings. The molecule has 1 aromatic heterocycles. The molecule has 0 unspecified atom stereocenters. The second-order valence-corrected chi connectivity index (χ2v) is 8.72. The Hall–Kier alpha value is -3.30. The summed E-state index contributed by atoms with van der Waals surface area (Å²) in [5.41, 5.74) is 2.12. The van der Waals surface area contributed by atoms with Crippen molar-refractivity contribution >= 4 is 46.0 Å². The molecule has 0 spiro atoms. The quantitative estimate of drug-likeness (QED) is 0.448. The molecule has 0 saturated carbocycles. The van der Waals surface area contributed by atoms with Gasteiger partial charge in [-0.25, -0.2) is 4.68 Å². The second-order valence-electron chi connectivity index (χ2n) is 7.04. The fourth-order valence-corrected chi connectivity index (χ4v) is 4.90. The Balaban J connectivity index is 1.54. The zero-order chi connectivity index (χ0) is 21.7. The topological polar surface area (TPSA) is 65.7 Å². The largest absolute Gasteiger partial charge is 0.454 e. The molecule has 9 heteroatoms. The fourth-order valence-electron chi connectivity index (χ4n) is 3.63. The Morgan fingerprint density at radius 2 is 1.81 bits per heavy atom. The minimum absolute atomic E-state index is 0.182. The molecule has 1 fully saturated rings. The molecule has 2 aliphatic rings. The van der Waals surface area contributed by atoms with Crippen LogP contribution < -0.4 is 19.9 Å². The summed E-state index contributed by atoms with van der Waals surface area (Å²) in [4.78, 5) is 28.3. The number of hydrogen-bond acceptors (Lipinski definition) is 6. The van der Waals surface area contributed by atoms with Crippen molar-refractivity contribution in [1.29, 1.82) is 0 Å². The number of carbonyl (C=O) groups is 1. The zero-order valence-electron chi connectivity index (χ0n) is 16.7.